The normalized spacial score (nSPS) is 18.7. The van der Waals surface area contributed by atoms with Crippen LogP contribution in [0.4, 0.5) is 0 Å². The quantitative estimate of drug-likeness (QED) is 0.411. The fourth-order valence-corrected chi connectivity index (χ4v) is 4.15. The topological polar surface area (TPSA) is 46.1 Å². The fraction of sp³-hybridized carbons (Fsp3) is 0.688. The van der Waals surface area contributed by atoms with Crippen molar-refractivity contribution in [3.8, 4) is 0 Å². The monoisotopic (exact) mass is 403 g/mol. The number of methoxy groups -OCH3 is 1. The molecular formula is C16H26BrN3O2S. The van der Waals surface area contributed by atoms with E-state index in [4.69, 9.17) is 9.47 Å². The molecule has 0 spiro atoms. The van der Waals surface area contributed by atoms with E-state index in [0.29, 0.717) is 19.1 Å². The lowest BCUT2D eigenvalue weighted by Gasteiger charge is -2.21. The van der Waals surface area contributed by atoms with Gasteiger partial charge in [0.15, 0.2) is 5.96 Å². The van der Waals surface area contributed by atoms with Gasteiger partial charge in [-0.15, -0.1) is 11.3 Å². The van der Waals surface area contributed by atoms with Crippen LogP contribution in [-0.4, -0.2) is 64.5 Å². The summed E-state index contributed by atoms with van der Waals surface area (Å²) in [4.78, 5) is 8.12. The summed E-state index contributed by atoms with van der Waals surface area (Å²) >= 11 is 5.29. The number of nitrogens with one attached hydrogen (secondary N) is 1. The lowest BCUT2D eigenvalue weighted by Crippen LogP contribution is -2.41. The van der Waals surface area contributed by atoms with Crippen LogP contribution < -0.4 is 5.32 Å². The van der Waals surface area contributed by atoms with E-state index >= 15 is 0 Å². The molecule has 5 nitrogen and oxygen atoms in total. The minimum Gasteiger partial charge on any atom is -0.382 e. The van der Waals surface area contributed by atoms with Crippen molar-refractivity contribution in [3.63, 3.8) is 0 Å². The highest BCUT2D eigenvalue weighted by Crippen LogP contribution is 2.22. The summed E-state index contributed by atoms with van der Waals surface area (Å²) in [6.07, 6.45) is 2.18. The highest BCUT2D eigenvalue weighted by atomic mass is 79.9. The predicted octanol–water partition coefficient (Wildman–Crippen LogP) is 2.61. The molecule has 0 amide bonds. The van der Waals surface area contributed by atoms with Gasteiger partial charge in [0.05, 0.1) is 23.6 Å². The first-order valence-corrected chi connectivity index (χ1v) is 9.60. The van der Waals surface area contributed by atoms with Crippen molar-refractivity contribution >= 4 is 33.2 Å². The summed E-state index contributed by atoms with van der Waals surface area (Å²) in [5.41, 5.74) is 0. The van der Waals surface area contributed by atoms with Gasteiger partial charge in [-0.2, -0.15) is 0 Å². The minimum atomic E-state index is 0.582. The Morgan fingerprint density at radius 1 is 1.48 bits per heavy atom. The Hall–Kier alpha value is -0.630. The Morgan fingerprint density at radius 2 is 2.35 bits per heavy atom. The molecule has 1 N–H and O–H groups in total. The first kappa shape index (κ1) is 18.7. The molecule has 1 saturated heterocycles. The summed E-state index contributed by atoms with van der Waals surface area (Å²) < 4.78 is 11.8. The van der Waals surface area contributed by atoms with Crippen molar-refractivity contribution in [2.45, 2.75) is 12.8 Å². The maximum absolute atomic E-state index is 5.65. The zero-order valence-corrected chi connectivity index (χ0v) is 16.3. The Morgan fingerprint density at radius 3 is 3.04 bits per heavy atom. The average Bonchev–Trinajstić information content (AvgIpc) is 3.17. The molecule has 1 fully saturated rings. The lowest BCUT2D eigenvalue weighted by atomic mass is 10.1. The van der Waals surface area contributed by atoms with Gasteiger partial charge in [0.1, 0.15) is 0 Å². The fourth-order valence-electron chi connectivity index (χ4n) is 2.67. The second kappa shape index (κ2) is 10.3. The molecule has 1 aliphatic heterocycles. The van der Waals surface area contributed by atoms with Crippen LogP contribution in [0.1, 0.15) is 11.3 Å². The van der Waals surface area contributed by atoms with Gasteiger partial charge in [-0.05, 0) is 40.9 Å². The van der Waals surface area contributed by atoms with Crippen molar-refractivity contribution in [1.29, 1.82) is 0 Å². The molecule has 23 heavy (non-hydrogen) atoms. The van der Waals surface area contributed by atoms with Gasteiger partial charge < -0.3 is 19.7 Å². The molecule has 0 bridgehead atoms. The molecule has 0 aromatic carbocycles. The number of aliphatic imine (C=N–C) groups is 1. The number of ether oxygens (including phenoxy) is 2. The zero-order chi connectivity index (χ0) is 16.5. The van der Waals surface area contributed by atoms with Crippen LogP contribution in [-0.2, 0) is 15.9 Å². The standard InChI is InChI=1S/C16H26BrN3O2S/c1-18-16(19-7-5-14-3-4-15(17)23-14)20-8-6-13(11-20)12-22-10-9-21-2/h3-4,13H,5-12H2,1-2H3,(H,18,19). The van der Waals surface area contributed by atoms with E-state index in [-0.39, 0.29) is 0 Å². The van der Waals surface area contributed by atoms with Crippen molar-refractivity contribution in [2.24, 2.45) is 10.9 Å². The van der Waals surface area contributed by atoms with Crippen LogP contribution in [0, 0.1) is 5.92 Å². The number of guanidine groups is 1. The second-order valence-electron chi connectivity index (χ2n) is 5.60. The van der Waals surface area contributed by atoms with Gasteiger partial charge in [-0.25, -0.2) is 0 Å². The summed E-state index contributed by atoms with van der Waals surface area (Å²) in [6.45, 7) is 5.11. The van der Waals surface area contributed by atoms with E-state index in [1.54, 1.807) is 18.4 Å². The van der Waals surface area contributed by atoms with E-state index in [2.05, 4.69) is 43.3 Å². The third kappa shape index (κ3) is 6.41. The summed E-state index contributed by atoms with van der Waals surface area (Å²) in [5.74, 6) is 1.58. The van der Waals surface area contributed by atoms with Crippen molar-refractivity contribution < 1.29 is 9.47 Å². The lowest BCUT2D eigenvalue weighted by molar-refractivity contribution is 0.0536. The zero-order valence-electron chi connectivity index (χ0n) is 13.9. The average molecular weight is 404 g/mol. The highest BCUT2D eigenvalue weighted by Gasteiger charge is 2.24. The van der Waals surface area contributed by atoms with E-state index in [9.17, 15) is 0 Å². The molecule has 2 rings (SSSR count). The maximum atomic E-state index is 5.65. The van der Waals surface area contributed by atoms with Gasteiger partial charge in [0.25, 0.3) is 0 Å². The van der Waals surface area contributed by atoms with Crippen molar-refractivity contribution in [3.05, 3.63) is 20.8 Å². The summed E-state index contributed by atoms with van der Waals surface area (Å²) in [5, 5.41) is 3.47. The van der Waals surface area contributed by atoms with Crippen LogP contribution in [0.15, 0.2) is 20.9 Å². The van der Waals surface area contributed by atoms with E-state index in [1.807, 2.05) is 7.05 Å². The molecule has 130 valence electrons. The van der Waals surface area contributed by atoms with Crippen LogP contribution in [0.3, 0.4) is 0 Å². The molecule has 2 heterocycles. The number of halogens is 1. The van der Waals surface area contributed by atoms with Gasteiger partial charge >= 0.3 is 0 Å². The molecule has 1 aromatic rings. The molecule has 1 atom stereocenters. The van der Waals surface area contributed by atoms with E-state index in [0.717, 1.165) is 45.0 Å². The SMILES string of the molecule is CN=C(NCCc1ccc(Br)s1)N1CCC(COCCOC)C1. The number of thiophene rings is 1. The number of hydrogen-bond acceptors (Lipinski definition) is 4. The first-order valence-electron chi connectivity index (χ1n) is 7.99. The van der Waals surface area contributed by atoms with Crippen molar-refractivity contribution in [2.75, 3.05) is 53.6 Å². The number of likely N-dealkylation sites (tertiary alicyclic amines) is 1. The molecule has 0 radical (unpaired) electrons. The summed E-state index contributed by atoms with van der Waals surface area (Å²) in [6, 6.07) is 4.27. The number of rotatable bonds is 8. The van der Waals surface area contributed by atoms with E-state index < -0.39 is 0 Å². The first-order chi connectivity index (χ1) is 11.2. The molecule has 1 unspecified atom stereocenters. The predicted molar refractivity (Wildman–Crippen MR) is 99.5 cm³/mol. The Bertz CT molecular complexity index is 495. The van der Waals surface area contributed by atoms with Crippen LogP contribution in [0.25, 0.3) is 0 Å². The molecular weight excluding hydrogens is 378 g/mol. The molecule has 0 saturated carbocycles. The Labute approximate surface area is 151 Å². The van der Waals surface area contributed by atoms with Crippen LogP contribution >= 0.6 is 27.3 Å². The van der Waals surface area contributed by atoms with Crippen molar-refractivity contribution in [1.82, 2.24) is 10.2 Å². The van der Waals surface area contributed by atoms with Crippen LogP contribution in [0.5, 0.6) is 0 Å². The largest absolute Gasteiger partial charge is 0.382 e. The Balaban J connectivity index is 1.67. The minimum absolute atomic E-state index is 0.582. The smallest absolute Gasteiger partial charge is 0.193 e. The third-order valence-electron chi connectivity index (χ3n) is 3.87. The third-order valence-corrected chi connectivity index (χ3v) is 5.55. The van der Waals surface area contributed by atoms with E-state index in [1.165, 1.54) is 8.66 Å². The molecule has 1 aromatic heterocycles. The second-order valence-corrected chi connectivity index (χ2v) is 8.15. The molecule has 1 aliphatic rings. The highest BCUT2D eigenvalue weighted by molar-refractivity contribution is 9.11. The van der Waals surface area contributed by atoms with Gasteiger partial charge in [-0.1, -0.05) is 0 Å². The molecule has 7 heteroatoms. The number of nitrogens with zero attached hydrogens (tertiary/aromatic N) is 2. The van der Waals surface area contributed by atoms with Gasteiger partial charge in [0, 0.05) is 44.6 Å². The van der Waals surface area contributed by atoms with Crippen LogP contribution in [0.2, 0.25) is 0 Å². The van der Waals surface area contributed by atoms with Gasteiger partial charge in [-0.3, -0.25) is 4.99 Å². The number of hydrogen-bond donors (Lipinski definition) is 1. The summed E-state index contributed by atoms with van der Waals surface area (Å²) in [7, 11) is 3.55. The van der Waals surface area contributed by atoms with Gasteiger partial charge in [0.2, 0.25) is 0 Å². The maximum Gasteiger partial charge on any atom is 0.193 e. The Kier molecular flexibility index (Phi) is 8.36. The molecule has 0 aliphatic carbocycles.